The highest BCUT2D eigenvalue weighted by molar-refractivity contribution is 5.95. The van der Waals surface area contributed by atoms with Gasteiger partial charge < -0.3 is 20.3 Å². The van der Waals surface area contributed by atoms with Crippen LogP contribution >= 0.6 is 0 Å². The monoisotopic (exact) mass is 423 g/mol. The van der Waals surface area contributed by atoms with E-state index < -0.39 is 6.10 Å². The standard InChI is InChI=1S/C24H29N3O4/c1-17(28)19-8-7-9-22(16-19)31-18(2)23(29)25-20-10-12-21(13-11-20)26-24(30)27-14-5-3-4-6-15-27/h7-13,16,18H,3-6,14-15H2,1-2H3,(H,25,29)(H,26,30). The van der Waals surface area contributed by atoms with Crippen LogP contribution in [0.3, 0.4) is 0 Å². The molecule has 7 nitrogen and oxygen atoms in total. The van der Waals surface area contributed by atoms with Gasteiger partial charge in [0.25, 0.3) is 5.91 Å². The zero-order valence-electron chi connectivity index (χ0n) is 18.0. The first kappa shape index (κ1) is 22.3. The molecule has 0 aromatic heterocycles. The van der Waals surface area contributed by atoms with Gasteiger partial charge in [0.2, 0.25) is 0 Å². The largest absolute Gasteiger partial charge is 0.481 e. The summed E-state index contributed by atoms with van der Waals surface area (Å²) in [7, 11) is 0. The third-order valence-electron chi connectivity index (χ3n) is 5.22. The Hall–Kier alpha value is -3.35. The van der Waals surface area contributed by atoms with Crippen LogP contribution < -0.4 is 15.4 Å². The summed E-state index contributed by atoms with van der Waals surface area (Å²) in [6.45, 7) is 4.70. The number of ether oxygens (including phenoxy) is 1. The van der Waals surface area contributed by atoms with Crippen molar-refractivity contribution < 1.29 is 19.1 Å². The van der Waals surface area contributed by atoms with Gasteiger partial charge in [-0.2, -0.15) is 0 Å². The minimum absolute atomic E-state index is 0.0643. The number of rotatable bonds is 6. The Labute approximate surface area is 182 Å². The smallest absolute Gasteiger partial charge is 0.321 e. The van der Waals surface area contributed by atoms with E-state index in [1.165, 1.54) is 19.8 Å². The average Bonchev–Trinajstić information content (AvgIpc) is 3.05. The van der Waals surface area contributed by atoms with Gasteiger partial charge >= 0.3 is 6.03 Å². The maximum absolute atomic E-state index is 12.5. The third kappa shape index (κ3) is 6.57. The van der Waals surface area contributed by atoms with Crippen LogP contribution in [-0.4, -0.2) is 41.8 Å². The van der Waals surface area contributed by atoms with E-state index in [-0.39, 0.29) is 17.7 Å². The van der Waals surface area contributed by atoms with Gasteiger partial charge in [-0.05, 0) is 63.1 Å². The van der Waals surface area contributed by atoms with Crippen molar-refractivity contribution in [3.05, 3.63) is 54.1 Å². The molecular weight excluding hydrogens is 394 g/mol. The van der Waals surface area contributed by atoms with E-state index in [1.807, 2.05) is 4.90 Å². The molecule has 0 aliphatic carbocycles. The number of nitrogens with one attached hydrogen (secondary N) is 2. The van der Waals surface area contributed by atoms with Gasteiger partial charge in [-0.15, -0.1) is 0 Å². The van der Waals surface area contributed by atoms with Crippen molar-refractivity contribution in [3.8, 4) is 5.75 Å². The molecule has 1 heterocycles. The van der Waals surface area contributed by atoms with Gasteiger partial charge in [0, 0.05) is 30.0 Å². The summed E-state index contributed by atoms with van der Waals surface area (Å²) in [5.41, 5.74) is 1.81. The average molecular weight is 424 g/mol. The SMILES string of the molecule is CC(=O)c1cccc(OC(C)C(=O)Nc2ccc(NC(=O)N3CCCCCC3)cc2)c1. The minimum atomic E-state index is -0.746. The number of hydrogen-bond donors (Lipinski definition) is 2. The number of Topliss-reactive ketones (excluding diaryl/α,β-unsaturated/α-hetero) is 1. The number of anilines is 2. The summed E-state index contributed by atoms with van der Waals surface area (Å²) in [6, 6.07) is 13.6. The first-order valence-corrected chi connectivity index (χ1v) is 10.7. The molecule has 7 heteroatoms. The molecule has 3 amide bonds. The molecule has 2 N–H and O–H groups in total. The predicted molar refractivity (Wildman–Crippen MR) is 121 cm³/mol. The molecule has 1 atom stereocenters. The Morgan fingerprint density at radius 1 is 0.903 bits per heavy atom. The molecule has 1 saturated heterocycles. The number of ketones is 1. The second kappa shape index (κ2) is 10.6. The van der Waals surface area contributed by atoms with Crippen LogP contribution in [0.25, 0.3) is 0 Å². The number of nitrogens with zero attached hydrogens (tertiary/aromatic N) is 1. The normalized spacial score (nSPS) is 14.8. The Kier molecular flexibility index (Phi) is 7.65. The van der Waals surface area contributed by atoms with E-state index in [9.17, 15) is 14.4 Å². The van der Waals surface area contributed by atoms with E-state index in [0.29, 0.717) is 22.7 Å². The highest BCUT2D eigenvalue weighted by Crippen LogP contribution is 2.18. The first-order valence-electron chi connectivity index (χ1n) is 10.7. The van der Waals surface area contributed by atoms with Crippen LogP contribution in [0.2, 0.25) is 0 Å². The van der Waals surface area contributed by atoms with Crippen molar-refractivity contribution in [2.75, 3.05) is 23.7 Å². The van der Waals surface area contributed by atoms with E-state index in [0.717, 1.165) is 25.9 Å². The molecule has 164 valence electrons. The Balaban J connectivity index is 1.52. The Morgan fingerprint density at radius 3 is 2.13 bits per heavy atom. The molecule has 1 fully saturated rings. The fraction of sp³-hybridized carbons (Fsp3) is 0.375. The zero-order valence-corrected chi connectivity index (χ0v) is 18.0. The number of urea groups is 1. The van der Waals surface area contributed by atoms with Crippen molar-refractivity contribution in [2.24, 2.45) is 0 Å². The van der Waals surface area contributed by atoms with E-state index in [2.05, 4.69) is 10.6 Å². The van der Waals surface area contributed by atoms with E-state index in [1.54, 1.807) is 55.5 Å². The Bertz CT molecular complexity index is 919. The second-order valence-electron chi connectivity index (χ2n) is 7.74. The fourth-order valence-electron chi connectivity index (χ4n) is 3.40. The number of carbonyl (C=O) groups is 3. The van der Waals surface area contributed by atoms with E-state index >= 15 is 0 Å². The van der Waals surface area contributed by atoms with Crippen molar-refractivity contribution in [3.63, 3.8) is 0 Å². The van der Waals surface area contributed by atoms with Crippen LogP contribution in [-0.2, 0) is 4.79 Å². The lowest BCUT2D eigenvalue weighted by Crippen LogP contribution is -2.35. The summed E-state index contributed by atoms with van der Waals surface area (Å²) in [6.07, 6.45) is 3.67. The predicted octanol–water partition coefficient (Wildman–Crippen LogP) is 4.70. The maximum Gasteiger partial charge on any atom is 0.321 e. The van der Waals surface area contributed by atoms with Crippen LogP contribution in [0, 0.1) is 0 Å². The maximum atomic E-state index is 12.5. The zero-order chi connectivity index (χ0) is 22.2. The second-order valence-corrected chi connectivity index (χ2v) is 7.74. The molecule has 1 aliphatic heterocycles. The molecule has 0 bridgehead atoms. The van der Waals surface area contributed by atoms with Gasteiger partial charge in [0.15, 0.2) is 11.9 Å². The number of benzene rings is 2. The highest BCUT2D eigenvalue weighted by Gasteiger charge is 2.17. The highest BCUT2D eigenvalue weighted by atomic mass is 16.5. The molecular formula is C24H29N3O4. The van der Waals surface area contributed by atoms with Gasteiger partial charge in [-0.25, -0.2) is 4.79 Å². The van der Waals surface area contributed by atoms with Crippen LogP contribution in [0.15, 0.2) is 48.5 Å². The lowest BCUT2D eigenvalue weighted by atomic mass is 10.1. The van der Waals surface area contributed by atoms with Gasteiger partial charge in [0.05, 0.1) is 0 Å². The van der Waals surface area contributed by atoms with Gasteiger partial charge in [-0.1, -0.05) is 25.0 Å². The van der Waals surface area contributed by atoms with Crippen LogP contribution in [0.4, 0.5) is 16.2 Å². The number of amides is 3. The summed E-state index contributed by atoms with van der Waals surface area (Å²) in [5, 5.41) is 5.71. The van der Waals surface area contributed by atoms with E-state index in [4.69, 9.17) is 4.74 Å². The summed E-state index contributed by atoms with van der Waals surface area (Å²) >= 11 is 0. The summed E-state index contributed by atoms with van der Waals surface area (Å²) in [4.78, 5) is 38.2. The quantitative estimate of drug-likeness (QED) is 0.659. The third-order valence-corrected chi connectivity index (χ3v) is 5.22. The fourth-order valence-corrected chi connectivity index (χ4v) is 3.40. The van der Waals surface area contributed by atoms with Gasteiger partial charge in [-0.3, -0.25) is 9.59 Å². The molecule has 31 heavy (non-hydrogen) atoms. The molecule has 3 rings (SSSR count). The molecule has 2 aromatic carbocycles. The van der Waals surface area contributed by atoms with Gasteiger partial charge in [0.1, 0.15) is 5.75 Å². The lowest BCUT2D eigenvalue weighted by molar-refractivity contribution is -0.122. The lowest BCUT2D eigenvalue weighted by Gasteiger charge is -2.21. The topological polar surface area (TPSA) is 87.7 Å². The number of carbonyl (C=O) groups excluding carboxylic acids is 3. The van der Waals surface area contributed by atoms with Crippen LogP contribution in [0.1, 0.15) is 49.9 Å². The van der Waals surface area contributed by atoms with Crippen LogP contribution in [0.5, 0.6) is 5.75 Å². The van der Waals surface area contributed by atoms with Crippen molar-refractivity contribution in [1.29, 1.82) is 0 Å². The summed E-state index contributed by atoms with van der Waals surface area (Å²) < 4.78 is 5.67. The molecule has 0 spiro atoms. The first-order chi connectivity index (χ1) is 14.9. The number of hydrogen-bond acceptors (Lipinski definition) is 4. The molecule has 1 unspecified atom stereocenters. The van der Waals surface area contributed by atoms with Crippen molar-refractivity contribution >= 4 is 29.1 Å². The molecule has 0 radical (unpaired) electrons. The van der Waals surface area contributed by atoms with Crippen molar-refractivity contribution in [2.45, 2.75) is 45.6 Å². The minimum Gasteiger partial charge on any atom is -0.481 e. The molecule has 0 saturated carbocycles. The molecule has 2 aromatic rings. The Morgan fingerprint density at radius 2 is 1.52 bits per heavy atom. The molecule has 1 aliphatic rings. The number of likely N-dealkylation sites (tertiary alicyclic amines) is 1. The van der Waals surface area contributed by atoms with Crippen molar-refractivity contribution in [1.82, 2.24) is 4.90 Å². The summed E-state index contributed by atoms with van der Waals surface area (Å²) in [5.74, 6) is 0.0853.